The van der Waals surface area contributed by atoms with Crippen LogP contribution in [0.2, 0.25) is 5.15 Å². The number of methoxy groups -OCH3 is 1. The molecule has 0 spiro atoms. The molecule has 2 rings (SSSR count). The van der Waals surface area contributed by atoms with Gasteiger partial charge in [0.05, 0.1) is 12.0 Å². The molecule has 20 heavy (non-hydrogen) atoms. The average Bonchev–Trinajstić information content (AvgIpc) is 2.37. The largest absolute Gasteiger partial charge is 0.467 e. The number of nitrogens with two attached hydrogens (primary N) is 1. The topological polar surface area (TPSA) is 107 Å². The molecule has 0 aliphatic heterocycles. The minimum absolute atomic E-state index is 0.0127. The van der Waals surface area contributed by atoms with Crippen LogP contribution in [0, 0.1) is 0 Å². The molecule has 0 saturated heterocycles. The SMILES string of the molecule is COc1nc(Cl)cc(NS(=O)(=O)c2ccc(N)cc2)n1. The van der Waals surface area contributed by atoms with E-state index in [0.717, 1.165) is 0 Å². The van der Waals surface area contributed by atoms with E-state index in [0.29, 0.717) is 5.69 Å². The van der Waals surface area contributed by atoms with Crippen molar-refractivity contribution in [3.8, 4) is 6.01 Å². The summed E-state index contributed by atoms with van der Waals surface area (Å²) in [4.78, 5) is 7.65. The first-order valence-electron chi connectivity index (χ1n) is 5.37. The fourth-order valence-electron chi connectivity index (χ4n) is 1.38. The summed E-state index contributed by atoms with van der Waals surface area (Å²) < 4.78 is 31.4. The summed E-state index contributed by atoms with van der Waals surface area (Å²) in [7, 11) is -2.43. The molecule has 2 aromatic rings. The van der Waals surface area contributed by atoms with E-state index in [1.807, 2.05) is 0 Å². The maximum atomic E-state index is 12.1. The van der Waals surface area contributed by atoms with Crippen molar-refractivity contribution in [1.82, 2.24) is 9.97 Å². The van der Waals surface area contributed by atoms with E-state index in [1.165, 1.54) is 37.4 Å². The second-order valence-corrected chi connectivity index (χ2v) is 5.81. The third kappa shape index (κ3) is 3.28. The second kappa shape index (κ2) is 5.51. The smallest absolute Gasteiger partial charge is 0.319 e. The van der Waals surface area contributed by atoms with Gasteiger partial charge in [-0.05, 0) is 24.3 Å². The van der Waals surface area contributed by atoms with Crippen LogP contribution < -0.4 is 15.2 Å². The lowest BCUT2D eigenvalue weighted by atomic mass is 10.3. The third-order valence-electron chi connectivity index (χ3n) is 2.29. The molecule has 9 heteroatoms. The number of nitrogens with one attached hydrogen (secondary N) is 1. The Labute approximate surface area is 120 Å². The molecule has 3 N–H and O–H groups in total. The molecule has 0 aliphatic rings. The number of nitrogens with zero attached hydrogens (tertiary/aromatic N) is 2. The minimum atomic E-state index is -3.78. The molecular weight excluding hydrogens is 304 g/mol. The Balaban J connectivity index is 2.33. The second-order valence-electron chi connectivity index (χ2n) is 3.74. The van der Waals surface area contributed by atoms with Gasteiger partial charge in [0.15, 0.2) is 0 Å². The Bertz CT molecular complexity index is 719. The summed E-state index contributed by atoms with van der Waals surface area (Å²) >= 11 is 5.74. The number of sulfonamides is 1. The Morgan fingerprint density at radius 3 is 2.50 bits per heavy atom. The highest BCUT2D eigenvalue weighted by Gasteiger charge is 2.16. The lowest BCUT2D eigenvalue weighted by molar-refractivity contribution is 0.380. The maximum Gasteiger partial charge on any atom is 0.319 e. The summed E-state index contributed by atoms with van der Waals surface area (Å²) in [6.07, 6.45) is 0. The zero-order valence-corrected chi connectivity index (χ0v) is 11.9. The van der Waals surface area contributed by atoms with Gasteiger partial charge >= 0.3 is 6.01 Å². The van der Waals surface area contributed by atoms with Crippen LogP contribution in [0.15, 0.2) is 35.2 Å². The van der Waals surface area contributed by atoms with Crippen LogP contribution in [0.4, 0.5) is 11.5 Å². The summed E-state index contributed by atoms with van der Waals surface area (Å²) in [5, 5.41) is 0.0619. The molecule has 0 radical (unpaired) electrons. The molecule has 0 bridgehead atoms. The van der Waals surface area contributed by atoms with E-state index < -0.39 is 10.0 Å². The fourth-order valence-corrected chi connectivity index (χ4v) is 2.55. The highest BCUT2D eigenvalue weighted by Crippen LogP contribution is 2.19. The van der Waals surface area contributed by atoms with Gasteiger partial charge in [-0.1, -0.05) is 11.6 Å². The molecule has 0 unspecified atom stereocenters. The Hall–Kier alpha value is -2.06. The number of aromatic nitrogens is 2. The molecule has 1 heterocycles. The molecule has 1 aromatic heterocycles. The van der Waals surface area contributed by atoms with Crippen molar-refractivity contribution in [2.75, 3.05) is 17.6 Å². The molecule has 7 nitrogen and oxygen atoms in total. The first kappa shape index (κ1) is 14.4. The predicted octanol–water partition coefficient (Wildman–Crippen LogP) is 1.52. The highest BCUT2D eigenvalue weighted by atomic mass is 35.5. The lowest BCUT2D eigenvalue weighted by Gasteiger charge is -2.08. The van der Waals surface area contributed by atoms with E-state index in [4.69, 9.17) is 22.1 Å². The van der Waals surface area contributed by atoms with Gasteiger partial charge < -0.3 is 10.5 Å². The van der Waals surface area contributed by atoms with Gasteiger partial charge in [-0.15, -0.1) is 0 Å². The van der Waals surface area contributed by atoms with E-state index in [1.54, 1.807) is 0 Å². The molecular formula is C11H11ClN4O3S. The number of nitrogen functional groups attached to an aromatic ring is 1. The van der Waals surface area contributed by atoms with Crippen LogP contribution in [0.5, 0.6) is 6.01 Å². The number of anilines is 2. The average molecular weight is 315 g/mol. The quantitative estimate of drug-likeness (QED) is 0.654. The fraction of sp³-hybridized carbons (Fsp3) is 0.0909. The molecule has 0 amide bonds. The van der Waals surface area contributed by atoms with Gasteiger partial charge in [0, 0.05) is 11.8 Å². The van der Waals surface area contributed by atoms with Crippen LogP contribution in [0.1, 0.15) is 0 Å². The number of hydrogen-bond acceptors (Lipinski definition) is 6. The third-order valence-corrected chi connectivity index (χ3v) is 3.85. The van der Waals surface area contributed by atoms with Crippen LogP contribution in [0.25, 0.3) is 0 Å². The molecule has 0 aliphatic carbocycles. The Morgan fingerprint density at radius 1 is 1.25 bits per heavy atom. The number of ether oxygens (including phenoxy) is 1. The number of hydrogen-bond donors (Lipinski definition) is 2. The number of benzene rings is 1. The van der Waals surface area contributed by atoms with Gasteiger partial charge in [0.1, 0.15) is 11.0 Å². The summed E-state index contributed by atoms with van der Waals surface area (Å²) in [5.41, 5.74) is 5.98. The number of halogens is 1. The highest BCUT2D eigenvalue weighted by molar-refractivity contribution is 7.92. The summed E-state index contributed by atoms with van der Waals surface area (Å²) in [5.74, 6) is 0.0127. The zero-order valence-electron chi connectivity index (χ0n) is 10.4. The van der Waals surface area contributed by atoms with E-state index in [2.05, 4.69) is 14.7 Å². The van der Waals surface area contributed by atoms with Crippen LogP contribution in [-0.4, -0.2) is 25.5 Å². The van der Waals surface area contributed by atoms with Gasteiger partial charge in [0.2, 0.25) is 0 Å². The number of rotatable bonds is 4. The molecule has 106 valence electrons. The van der Waals surface area contributed by atoms with Gasteiger partial charge in [-0.2, -0.15) is 9.97 Å². The predicted molar refractivity (Wildman–Crippen MR) is 75.3 cm³/mol. The van der Waals surface area contributed by atoms with Crippen molar-refractivity contribution in [2.24, 2.45) is 0 Å². The zero-order chi connectivity index (χ0) is 14.8. The van der Waals surface area contributed by atoms with Crippen LogP contribution in [-0.2, 0) is 10.0 Å². The Morgan fingerprint density at radius 2 is 1.90 bits per heavy atom. The summed E-state index contributed by atoms with van der Waals surface area (Å²) in [6, 6.07) is 6.99. The van der Waals surface area contributed by atoms with Crippen molar-refractivity contribution in [1.29, 1.82) is 0 Å². The summed E-state index contributed by atoms with van der Waals surface area (Å²) in [6.45, 7) is 0. The maximum absolute atomic E-state index is 12.1. The normalized spacial score (nSPS) is 11.1. The monoisotopic (exact) mass is 314 g/mol. The molecule has 1 aromatic carbocycles. The van der Waals surface area contributed by atoms with E-state index in [9.17, 15) is 8.42 Å². The van der Waals surface area contributed by atoms with Gasteiger partial charge in [-0.25, -0.2) is 8.42 Å². The van der Waals surface area contributed by atoms with Crippen molar-refractivity contribution < 1.29 is 13.2 Å². The van der Waals surface area contributed by atoms with Crippen LogP contribution >= 0.6 is 11.6 Å². The molecule has 0 atom stereocenters. The molecule has 0 saturated carbocycles. The van der Waals surface area contributed by atoms with E-state index in [-0.39, 0.29) is 21.9 Å². The van der Waals surface area contributed by atoms with E-state index >= 15 is 0 Å². The first-order chi connectivity index (χ1) is 9.40. The van der Waals surface area contributed by atoms with Gasteiger partial charge in [0.25, 0.3) is 10.0 Å². The van der Waals surface area contributed by atoms with Crippen molar-refractivity contribution >= 4 is 33.1 Å². The van der Waals surface area contributed by atoms with Crippen LogP contribution in [0.3, 0.4) is 0 Å². The molecule has 0 fully saturated rings. The standard InChI is InChI=1S/C11H11ClN4O3S/c1-19-11-14-9(12)6-10(15-11)16-20(17,18)8-4-2-7(13)3-5-8/h2-6H,13H2,1H3,(H,14,15,16). The Kier molecular flexibility index (Phi) is 3.96. The van der Waals surface area contributed by atoms with Crippen molar-refractivity contribution in [3.05, 3.63) is 35.5 Å². The lowest BCUT2D eigenvalue weighted by Crippen LogP contribution is -2.14. The van der Waals surface area contributed by atoms with Crippen molar-refractivity contribution in [2.45, 2.75) is 4.90 Å². The first-order valence-corrected chi connectivity index (χ1v) is 7.24. The van der Waals surface area contributed by atoms with Crippen molar-refractivity contribution in [3.63, 3.8) is 0 Å². The minimum Gasteiger partial charge on any atom is -0.467 e. The van der Waals surface area contributed by atoms with Gasteiger partial charge in [-0.3, -0.25) is 4.72 Å².